The number of ether oxygens (including phenoxy) is 3. The first-order valence-electron chi connectivity index (χ1n) is 10.5. The van der Waals surface area contributed by atoms with Crippen molar-refractivity contribution < 1.29 is 19.0 Å². The van der Waals surface area contributed by atoms with Gasteiger partial charge in [-0.25, -0.2) is 0 Å². The highest BCUT2D eigenvalue weighted by atomic mass is 16.5. The maximum atomic E-state index is 12.4. The van der Waals surface area contributed by atoms with Crippen molar-refractivity contribution in [2.45, 2.75) is 40.0 Å². The Morgan fingerprint density at radius 1 is 1.03 bits per heavy atom. The molecule has 0 radical (unpaired) electrons. The summed E-state index contributed by atoms with van der Waals surface area (Å²) in [5.41, 5.74) is 1.51. The second-order valence-corrected chi connectivity index (χ2v) is 7.46. The van der Waals surface area contributed by atoms with Crippen molar-refractivity contribution in [2.75, 3.05) is 25.6 Å². The van der Waals surface area contributed by atoms with Crippen molar-refractivity contribution in [3.8, 4) is 17.2 Å². The fourth-order valence-electron chi connectivity index (χ4n) is 2.68. The zero-order valence-electron chi connectivity index (χ0n) is 18.4. The summed E-state index contributed by atoms with van der Waals surface area (Å²) in [6.07, 6.45) is 6.26. The van der Waals surface area contributed by atoms with Crippen LogP contribution in [0.15, 0.2) is 48.5 Å². The van der Waals surface area contributed by atoms with E-state index in [2.05, 4.69) is 26.1 Å². The predicted octanol–water partition coefficient (Wildman–Crippen LogP) is 5.95. The molecule has 0 fully saturated rings. The van der Waals surface area contributed by atoms with Crippen LogP contribution in [0.4, 0.5) is 5.69 Å². The summed E-state index contributed by atoms with van der Waals surface area (Å²) in [5.74, 6) is 2.39. The molecule has 0 aliphatic rings. The summed E-state index contributed by atoms with van der Waals surface area (Å²) in [4.78, 5) is 12.4. The molecule has 0 bridgehead atoms. The van der Waals surface area contributed by atoms with Gasteiger partial charge in [0.1, 0.15) is 5.75 Å². The molecule has 2 aromatic rings. The molecule has 0 saturated heterocycles. The minimum atomic E-state index is -0.224. The Morgan fingerprint density at radius 3 is 2.53 bits per heavy atom. The maximum Gasteiger partial charge on any atom is 0.248 e. The van der Waals surface area contributed by atoms with Crippen LogP contribution in [0.1, 0.15) is 45.6 Å². The molecular formula is C25H33NO4. The van der Waals surface area contributed by atoms with Gasteiger partial charge in [0.15, 0.2) is 11.5 Å². The van der Waals surface area contributed by atoms with Gasteiger partial charge in [0.2, 0.25) is 5.91 Å². The standard InChI is InChI=1S/C25H33NO4/c1-5-6-16-29-22-10-8-7-9-21(22)26-25(27)14-12-20-11-13-23(24(18-20)28-4)30-17-15-19(2)3/h7-14,18-19H,5-6,15-17H2,1-4H3,(H,26,27)/b14-12+. The predicted molar refractivity (Wildman–Crippen MR) is 122 cm³/mol. The number of amides is 1. The molecule has 5 heteroatoms. The van der Waals surface area contributed by atoms with Gasteiger partial charge in [-0.1, -0.05) is 45.4 Å². The highest BCUT2D eigenvalue weighted by Crippen LogP contribution is 2.29. The molecule has 5 nitrogen and oxygen atoms in total. The van der Waals surface area contributed by atoms with Gasteiger partial charge in [-0.2, -0.15) is 0 Å². The average molecular weight is 412 g/mol. The van der Waals surface area contributed by atoms with Gasteiger partial charge in [-0.3, -0.25) is 4.79 Å². The van der Waals surface area contributed by atoms with E-state index in [1.54, 1.807) is 13.2 Å². The zero-order valence-corrected chi connectivity index (χ0v) is 18.4. The van der Waals surface area contributed by atoms with E-state index in [-0.39, 0.29) is 5.91 Å². The van der Waals surface area contributed by atoms with E-state index in [0.29, 0.717) is 42.1 Å². The molecule has 1 amide bonds. The smallest absolute Gasteiger partial charge is 0.248 e. The number of anilines is 1. The summed E-state index contributed by atoms with van der Waals surface area (Å²) in [7, 11) is 1.61. The molecule has 0 atom stereocenters. The van der Waals surface area contributed by atoms with E-state index >= 15 is 0 Å². The topological polar surface area (TPSA) is 56.8 Å². The third-order valence-electron chi connectivity index (χ3n) is 4.47. The highest BCUT2D eigenvalue weighted by Gasteiger charge is 2.07. The number of nitrogens with one attached hydrogen (secondary N) is 1. The van der Waals surface area contributed by atoms with E-state index in [0.717, 1.165) is 24.8 Å². The first kappa shape index (κ1) is 23.3. The van der Waals surface area contributed by atoms with Gasteiger partial charge < -0.3 is 19.5 Å². The van der Waals surface area contributed by atoms with Crippen LogP contribution in [0, 0.1) is 5.92 Å². The van der Waals surface area contributed by atoms with E-state index in [9.17, 15) is 4.79 Å². The molecule has 0 unspecified atom stereocenters. The lowest BCUT2D eigenvalue weighted by Gasteiger charge is -2.12. The van der Waals surface area contributed by atoms with Gasteiger partial charge in [0.25, 0.3) is 0 Å². The van der Waals surface area contributed by atoms with Crippen molar-refractivity contribution >= 4 is 17.7 Å². The Kier molecular flexibility index (Phi) is 9.78. The van der Waals surface area contributed by atoms with Gasteiger partial charge >= 0.3 is 0 Å². The van der Waals surface area contributed by atoms with Gasteiger partial charge in [0, 0.05) is 6.08 Å². The van der Waals surface area contributed by atoms with Gasteiger partial charge in [0.05, 0.1) is 26.0 Å². The lowest BCUT2D eigenvalue weighted by molar-refractivity contribution is -0.111. The number of methoxy groups -OCH3 is 1. The number of unbranched alkanes of at least 4 members (excludes halogenated alkanes) is 1. The molecule has 1 N–H and O–H groups in total. The number of carbonyl (C=O) groups is 1. The number of rotatable bonds is 12. The highest BCUT2D eigenvalue weighted by molar-refractivity contribution is 6.02. The second-order valence-electron chi connectivity index (χ2n) is 7.46. The van der Waals surface area contributed by atoms with Crippen LogP contribution in [-0.2, 0) is 4.79 Å². The molecule has 0 spiro atoms. The number of hydrogen-bond donors (Lipinski definition) is 1. The Balaban J connectivity index is 1.99. The van der Waals surface area contributed by atoms with E-state index in [1.165, 1.54) is 6.08 Å². The van der Waals surface area contributed by atoms with E-state index in [4.69, 9.17) is 14.2 Å². The second kappa shape index (κ2) is 12.6. The summed E-state index contributed by atoms with van der Waals surface area (Å²) in [5, 5.41) is 2.88. The fraction of sp³-hybridized carbons (Fsp3) is 0.400. The molecule has 2 rings (SSSR count). The van der Waals surface area contributed by atoms with Crippen LogP contribution in [0.2, 0.25) is 0 Å². The number of carbonyl (C=O) groups excluding carboxylic acids is 1. The van der Waals surface area contributed by atoms with Gasteiger partial charge in [-0.15, -0.1) is 0 Å². The summed E-state index contributed by atoms with van der Waals surface area (Å²) in [6, 6.07) is 13.1. The fourth-order valence-corrected chi connectivity index (χ4v) is 2.68. The quantitative estimate of drug-likeness (QED) is 0.346. The van der Waals surface area contributed by atoms with Crippen LogP contribution in [0.5, 0.6) is 17.2 Å². The van der Waals surface area contributed by atoms with Crippen molar-refractivity contribution in [2.24, 2.45) is 5.92 Å². The number of para-hydroxylation sites is 2. The lowest BCUT2D eigenvalue weighted by atomic mass is 10.1. The van der Waals surface area contributed by atoms with E-state index in [1.807, 2.05) is 42.5 Å². The Labute approximate surface area is 180 Å². The molecule has 0 aromatic heterocycles. The largest absolute Gasteiger partial charge is 0.493 e. The number of hydrogen-bond acceptors (Lipinski definition) is 4. The zero-order chi connectivity index (χ0) is 21.8. The van der Waals surface area contributed by atoms with Crippen molar-refractivity contribution in [3.63, 3.8) is 0 Å². The maximum absolute atomic E-state index is 12.4. The molecule has 2 aromatic carbocycles. The van der Waals surface area contributed by atoms with Crippen LogP contribution in [0.25, 0.3) is 6.08 Å². The first-order valence-corrected chi connectivity index (χ1v) is 10.5. The molecule has 162 valence electrons. The third kappa shape index (κ3) is 7.82. The Hall–Kier alpha value is -2.95. The summed E-state index contributed by atoms with van der Waals surface area (Å²) in [6.45, 7) is 7.71. The van der Waals surface area contributed by atoms with Crippen molar-refractivity contribution in [1.29, 1.82) is 0 Å². The van der Waals surface area contributed by atoms with Crippen LogP contribution in [0.3, 0.4) is 0 Å². The third-order valence-corrected chi connectivity index (χ3v) is 4.47. The Morgan fingerprint density at radius 2 is 1.80 bits per heavy atom. The summed E-state index contributed by atoms with van der Waals surface area (Å²) < 4.78 is 17.0. The lowest BCUT2D eigenvalue weighted by Crippen LogP contribution is -2.09. The van der Waals surface area contributed by atoms with Gasteiger partial charge in [-0.05, 0) is 54.7 Å². The molecular weight excluding hydrogens is 378 g/mol. The van der Waals surface area contributed by atoms with Crippen LogP contribution < -0.4 is 19.5 Å². The molecule has 0 heterocycles. The van der Waals surface area contributed by atoms with Crippen LogP contribution >= 0.6 is 0 Å². The van der Waals surface area contributed by atoms with Crippen molar-refractivity contribution in [1.82, 2.24) is 0 Å². The van der Waals surface area contributed by atoms with Crippen LogP contribution in [-0.4, -0.2) is 26.2 Å². The monoisotopic (exact) mass is 411 g/mol. The molecule has 0 aliphatic carbocycles. The normalized spacial score (nSPS) is 11.0. The first-order chi connectivity index (χ1) is 14.5. The van der Waals surface area contributed by atoms with E-state index < -0.39 is 0 Å². The minimum absolute atomic E-state index is 0.224. The minimum Gasteiger partial charge on any atom is -0.493 e. The Bertz CT molecular complexity index is 830. The summed E-state index contributed by atoms with van der Waals surface area (Å²) >= 11 is 0. The SMILES string of the molecule is CCCCOc1ccccc1NC(=O)/C=C/c1ccc(OCCC(C)C)c(OC)c1. The molecule has 0 saturated carbocycles. The molecule has 30 heavy (non-hydrogen) atoms. The average Bonchev–Trinajstić information content (AvgIpc) is 2.74. The number of benzene rings is 2. The van der Waals surface area contributed by atoms with Crippen molar-refractivity contribution in [3.05, 3.63) is 54.1 Å². The molecule has 0 aliphatic heterocycles.